The van der Waals surface area contributed by atoms with Crippen LogP contribution in [0, 0.1) is 0 Å². The third-order valence-corrected chi connectivity index (χ3v) is 4.01. The Morgan fingerprint density at radius 2 is 1.58 bits per heavy atom. The molecule has 0 aliphatic rings. The minimum Gasteiger partial charge on any atom is -0.497 e. The van der Waals surface area contributed by atoms with E-state index in [2.05, 4.69) is 10.9 Å². The van der Waals surface area contributed by atoms with Crippen LogP contribution in [-0.4, -0.2) is 26.0 Å². The van der Waals surface area contributed by atoms with Gasteiger partial charge >= 0.3 is 0 Å². The Kier molecular flexibility index (Phi) is 7.02. The van der Waals surface area contributed by atoms with Crippen LogP contribution >= 0.6 is 0 Å². The Morgan fingerprint density at radius 1 is 0.962 bits per heavy atom. The number of carbonyl (C=O) groups is 2. The minimum atomic E-state index is -0.445. The van der Waals surface area contributed by atoms with Gasteiger partial charge in [0.1, 0.15) is 11.5 Å². The Morgan fingerprint density at radius 3 is 2.12 bits per heavy atom. The summed E-state index contributed by atoms with van der Waals surface area (Å²) in [5.41, 5.74) is 6.23. The molecule has 0 aliphatic carbocycles. The Hall–Kier alpha value is -3.02. The SMILES string of the molecule is CCCC(C(=O)NNC(=O)c1cc(OC)cc(OC)c1)c1ccccc1. The van der Waals surface area contributed by atoms with E-state index in [1.165, 1.54) is 14.2 Å². The van der Waals surface area contributed by atoms with Crippen LogP contribution < -0.4 is 20.3 Å². The molecule has 2 aromatic rings. The van der Waals surface area contributed by atoms with Crippen molar-refractivity contribution in [2.75, 3.05) is 14.2 Å². The van der Waals surface area contributed by atoms with Gasteiger partial charge in [-0.3, -0.25) is 20.4 Å². The van der Waals surface area contributed by atoms with E-state index in [0.29, 0.717) is 23.5 Å². The molecular formula is C20H24N2O4. The zero-order chi connectivity index (χ0) is 18.9. The Labute approximate surface area is 153 Å². The van der Waals surface area contributed by atoms with Gasteiger partial charge in [0.05, 0.1) is 20.1 Å². The fourth-order valence-corrected chi connectivity index (χ4v) is 2.64. The summed E-state index contributed by atoms with van der Waals surface area (Å²) in [4.78, 5) is 24.9. The van der Waals surface area contributed by atoms with E-state index in [4.69, 9.17) is 9.47 Å². The molecule has 2 N–H and O–H groups in total. The van der Waals surface area contributed by atoms with E-state index in [9.17, 15) is 9.59 Å². The molecule has 2 rings (SSSR count). The summed E-state index contributed by atoms with van der Waals surface area (Å²) in [5.74, 6) is -0.0237. The number of carbonyl (C=O) groups excluding carboxylic acids is 2. The minimum absolute atomic E-state index is 0.249. The molecule has 2 aromatic carbocycles. The first-order valence-corrected chi connectivity index (χ1v) is 8.47. The van der Waals surface area contributed by atoms with Gasteiger partial charge in [-0.25, -0.2) is 0 Å². The molecule has 0 aliphatic heterocycles. The number of benzene rings is 2. The maximum atomic E-state index is 12.5. The lowest BCUT2D eigenvalue weighted by molar-refractivity contribution is -0.123. The van der Waals surface area contributed by atoms with Crippen molar-refractivity contribution < 1.29 is 19.1 Å². The molecule has 0 saturated heterocycles. The van der Waals surface area contributed by atoms with Crippen LogP contribution in [-0.2, 0) is 4.79 Å². The number of amides is 2. The average Bonchev–Trinajstić information content (AvgIpc) is 2.70. The molecule has 6 nitrogen and oxygen atoms in total. The molecule has 0 bridgehead atoms. The smallest absolute Gasteiger partial charge is 0.269 e. The quantitative estimate of drug-likeness (QED) is 0.748. The van der Waals surface area contributed by atoms with Crippen molar-refractivity contribution in [1.82, 2.24) is 10.9 Å². The molecule has 0 heterocycles. The van der Waals surface area contributed by atoms with Gasteiger partial charge in [-0.1, -0.05) is 43.7 Å². The Bertz CT molecular complexity index is 724. The maximum Gasteiger partial charge on any atom is 0.269 e. The summed E-state index contributed by atoms with van der Waals surface area (Å²) in [6.07, 6.45) is 1.55. The first-order valence-electron chi connectivity index (χ1n) is 8.47. The topological polar surface area (TPSA) is 76.7 Å². The van der Waals surface area contributed by atoms with Crippen molar-refractivity contribution in [2.24, 2.45) is 0 Å². The number of hydrazine groups is 1. The van der Waals surface area contributed by atoms with Crippen molar-refractivity contribution in [1.29, 1.82) is 0 Å². The highest BCUT2D eigenvalue weighted by Gasteiger charge is 2.20. The van der Waals surface area contributed by atoms with E-state index in [0.717, 1.165) is 12.0 Å². The summed E-state index contributed by atoms with van der Waals surface area (Å²) in [5, 5.41) is 0. The molecule has 26 heavy (non-hydrogen) atoms. The van der Waals surface area contributed by atoms with Crippen LogP contribution in [0.25, 0.3) is 0 Å². The third-order valence-electron chi connectivity index (χ3n) is 4.01. The second kappa shape index (κ2) is 9.46. The Balaban J connectivity index is 2.06. The fraction of sp³-hybridized carbons (Fsp3) is 0.300. The van der Waals surface area contributed by atoms with Gasteiger partial charge in [-0.15, -0.1) is 0 Å². The predicted molar refractivity (Wildman–Crippen MR) is 99.2 cm³/mol. The van der Waals surface area contributed by atoms with Gasteiger partial charge in [0, 0.05) is 11.6 Å². The van der Waals surface area contributed by atoms with Crippen LogP contribution in [0.5, 0.6) is 11.5 Å². The highest BCUT2D eigenvalue weighted by molar-refractivity contribution is 5.96. The second-order valence-corrected chi connectivity index (χ2v) is 5.80. The molecule has 1 unspecified atom stereocenters. The van der Waals surface area contributed by atoms with Crippen LogP contribution in [0.3, 0.4) is 0 Å². The van der Waals surface area contributed by atoms with Gasteiger partial charge < -0.3 is 9.47 Å². The van der Waals surface area contributed by atoms with Crippen LogP contribution in [0.4, 0.5) is 0 Å². The lowest BCUT2D eigenvalue weighted by Crippen LogP contribution is -2.44. The van der Waals surface area contributed by atoms with Crippen LogP contribution in [0.2, 0.25) is 0 Å². The van der Waals surface area contributed by atoms with Gasteiger partial charge in [-0.05, 0) is 24.1 Å². The maximum absolute atomic E-state index is 12.5. The van der Waals surface area contributed by atoms with E-state index in [-0.39, 0.29) is 11.8 Å². The van der Waals surface area contributed by atoms with Crippen molar-refractivity contribution in [2.45, 2.75) is 25.7 Å². The van der Waals surface area contributed by atoms with Crippen molar-refractivity contribution in [3.8, 4) is 11.5 Å². The second-order valence-electron chi connectivity index (χ2n) is 5.80. The summed E-state index contributed by atoms with van der Waals surface area (Å²) in [7, 11) is 3.01. The van der Waals surface area contributed by atoms with Crippen LogP contribution in [0.15, 0.2) is 48.5 Å². The number of nitrogens with one attached hydrogen (secondary N) is 2. The number of methoxy groups -OCH3 is 2. The van der Waals surface area contributed by atoms with Gasteiger partial charge in [0.25, 0.3) is 5.91 Å². The normalized spacial score (nSPS) is 11.3. The highest BCUT2D eigenvalue weighted by atomic mass is 16.5. The molecule has 0 saturated carbocycles. The van der Waals surface area contributed by atoms with Gasteiger partial charge in [0.15, 0.2) is 0 Å². The predicted octanol–water partition coefficient (Wildman–Crippen LogP) is 3.05. The average molecular weight is 356 g/mol. The number of hydrogen-bond donors (Lipinski definition) is 2. The largest absolute Gasteiger partial charge is 0.497 e. The first-order chi connectivity index (χ1) is 12.6. The molecule has 0 fully saturated rings. The number of hydrogen-bond acceptors (Lipinski definition) is 4. The van der Waals surface area contributed by atoms with Crippen molar-refractivity contribution in [3.63, 3.8) is 0 Å². The summed E-state index contributed by atoms with van der Waals surface area (Å²) in [6, 6.07) is 14.3. The van der Waals surface area contributed by atoms with Gasteiger partial charge in [-0.2, -0.15) is 0 Å². The molecular weight excluding hydrogens is 332 g/mol. The van der Waals surface area contributed by atoms with Crippen molar-refractivity contribution >= 4 is 11.8 Å². The zero-order valence-corrected chi connectivity index (χ0v) is 15.2. The van der Waals surface area contributed by atoms with Crippen molar-refractivity contribution in [3.05, 3.63) is 59.7 Å². The molecule has 1 atom stereocenters. The lowest BCUT2D eigenvalue weighted by Gasteiger charge is -2.17. The van der Waals surface area contributed by atoms with Crippen LogP contribution in [0.1, 0.15) is 41.6 Å². The standard InChI is InChI=1S/C20H24N2O4/c1-4-8-18(14-9-6-5-7-10-14)20(24)22-21-19(23)15-11-16(25-2)13-17(12-15)26-3/h5-7,9-13,18H,4,8H2,1-3H3,(H,21,23)(H,22,24). The van der Waals surface area contributed by atoms with E-state index in [1.807, 2.05) is 37.3 Å². The highest BCUT2D eigenvalue weighted by Crippen LogP contribution is 2.23. The lowest BCUT2D eigenvalue weighted by atomic mass is 9.94. The molecule has 0 aromatic heterocycles. The molecule has 138 valence electrons. The summed E-state index contributed by atoms with van der Waals surface area (Å²) in [6.45, 7) is 2.02. The first kappa shape index (κ1) is 19.3. The molecule has 0 radical (unpaired) electrons. The zero-order valence-electron chi connectivity index (χ0n) is 15.2. The number of rotatable bonds is 7. The number of ether oxygens (including phenoxy) is 2. The monoisotopic (exact) mass is 356 g/mol. The van der Waals surface area contributed by atoms with E-state index >= 15 is 0 Å². The third kappa shape index (κ3) is 4.99. The molecule has 0 spiro atoms. The fourth-order valence-electron chi connectivity index (χ4n) is 2.64. The summed E-state index contributed by atoms with van der Waals surface area (Å²) < 4.78 is 10.3. The molecule has 6 heteroatoms. The van der Waals surface area contributed by atoms with E-state index in [1.54, 1.807) is 18.2 Å². The molecule has 2 amide bonds. The van der Waals surface area contributed by atoms with Gasteiger partial charge in [0.2, 0.25) is 5.91 Å². The summed E-state index contributed by atoms with van der Waals surface area (Å²) >= 11 is 0. The van der Waals surface area contributed by atoms with E-state index < -0.39 is 5.91 Å².